The van der Waals surface area contributed by atoms with E-state index < -0.39 is 0 Å². The van der Waals surface area contributed by atoms with Gasteiger partial charge in [-0.25, -0.2) is 4.68 Å². The molecular formula is C14H25N5O2S. The van der Waals surface area contributed by atoms with Gasteiger partial charge in [0.1, 0.15) is 0 Å². The highest BCUT2D eigenvalue weighted by Crippen LogP contribution is 2.26. The Morgan fingerprint density at radius 3 is 2.77 bits per heavy atom. The average molecular weight is 327 g/mol. The Bertz CT molecular complexity index is 474. The third-order valence-electron chi connectivity index (χ3n) is 4.06. The second-order valence-electron chi connectivity index (χ2n) is 5.84. The van der Waals surface area contributed by atoms with Crippen molar-refractivity contribution in [3.8, 4) is 0 Å². The number of nitrogens with zero attached hydrogens (tertiary/aromatic N) is 4. The SMILES string of the molecule is CCC(CCC(=O)NC1CCC(O)CC1)Sc1nnnn1C. The van der Waals surface area contributed by atoms with Gasteiger partial charge in [0.25, 0.3) is 0 Å². The van der Waals surface area contributed by atoms with Crippen molar-refractivity contribution in [2.24, 2.45) is 7.05 Å². The number of aromatic nitrogens is 4. The summed E-state index contributed by atoms with van der Waals surface area (Å²) >= 11 is 1.62. The number of carbonyl (C=O) groups is 1. The molecule has 2 N–H and O–H groups in total. The highest BCUT2D eigenvalue weighted by atomic mass is 32.2. The van der Waals surface area contributed by atoms with Crippen LogP contribution in [0.3, 0.4) is 0 Å². The van der Waals surface area contributed by atoms with E-state index in [1.54, 1.807) is 16.4 Å². The van der Waals surface area contributed by atoms with Crippen LogP contribution in [0.2, 0.25) is 0 Å². The van der Waals surface area contributed by atoms with Crippen molar-refractivity contribution in [2.75, 3.05) is 0 Å². The van der Waals surface area contributed by atoms with E-state index in [0.717, 1.165) is 43.7 Å². The van der Waals surface area contributed by atoms with Gasteiger partial charge in [-0.05, 0) is 49.0 Å². The quantitative estimate of drug-likeness (QED) is 0.733. The van der Waals surface area contributed by atoms with E-state index in [4.69, 9.17) is 0 Å². The lowest BCUT2D eigenvalue weighted by Crippen LogP contribution is -2.38. The minimum absolute atomic E-state index is 0.108. The molecule has 1 aliphatic rings. The molecule has 1 amide bonds. The standard InChI is InChI=1S/C14H25N5O2S/c1-3-12(22-14-16-17-18-19(14)2)8-9-13(21)15-10-4-6-11(20)7-5-10/h10-12,20H,3-9H2,1-2H3,(H,15,21). The smallest absolute Gasteiger partial charge is 0.220 e. The fraction of sp³-hybridized carbons (Fsp3) is 0.857. The number of aryl methyl sites for hydroxylation is 1. The Morgan fingerprint density at radius 1 is 1.45 bits per heavy atom. The minimum Gasteiger partial charge on any atom is -0.393 e. The molecule has 0 spiro atoms. The number of tetrazole rings is 1. The number of hydrogen-bond acceptors (Lipinski definition) is 6. The molecular weight excluding hydrogens is 302 g/mol. The molecule has 0 aromatic carbocycles. The van der Waals surface area contributed by atoms with Crippen LogP contribution < -0.4 is 5.32 Å². The Hall–Kier alpha value is -1.15. The molecule has 1 aromatic heterocycles. The van der Waals surface area contributed by atoms with Gasteiger partial charge in [-0.2, -0.15) is 0 Å². The summed E-state index contributed by atoms with van der Waals surface area (Å²) in [7, 11) is 1.82. The third-order valence-corrected chi connectivity index (χ3v) is 5.52. The van der Waals surface area contributed by atoms with E-state index in [1.807, 2.05) is 7.05 Å². The zero-order valence-corrected chi connectivity index (χ0v) is 14.1. The summed E-state index contributed by atoms with van der Waals surface area (Å²) < 4.78 is 1.65. The van der Waals surface area contributed by atoms with E-state index in [2.05, 4.69) is 27.8 Å². The highest BCUT2D eigenvalue weighted by molar-refractivity contribution is 7.99. The maximum Gasteiger partial charge on any atom is 0.220 e. The molecule has 8 heteroatoms. The van der Waals surface area contributed by atoms with E-state index >= 15 is 0 Å². The molecule has 1 aromatic rings. The summed E-state index contributed by atoms with van der Waals surface area (Å²) in [5, 5.41) is 25.1. The van der Waals surface area contributed by atoms with Crippen LogP contribution >= 0.6 is 11.8 Å². The van der Waals surface area contributed by atoms with Gasteiger partial charge in [-0.3, -0.25) is 4.79 Å². The second-order valence-corrected chi connectivity index (χ2v) is 7.11. The largest absolute Gasteiger partial charge is 0.393 e. The number of nitrogens with one attached hydrogen (secondary N) is 1. The lowest BCUT2D eigenvalue weighted by molar-refractivity contribution is -0.122. The fourth-order valence-corrected chi connectivity index (χ4v) is 3.60. The molecule has 0 radical (unpaired) electrons. The first-order valence-electron chi connectivity index (χ1n) is 7.95. The Labute approximate surface area is 135 Å². The average Bonchev–Trinajstić information content (AvgIpc) is 2.91. The van der Waals surface area contributed by atoms with Crippen LogP contribution in [-0.4, -0.2) is 48.6 Å². The van der Waals surface area contributed by atoms with Gasteiger partial charge in [-0.1, -0.05) is 18.7 Å². The lowest BCUT2D eigenvalue weighted by Gasteiger charge is -2.26. The molecule has 124 valence electrons. The van der Waals surface area contributed by atoms with Crippen LogP contribution in [0.4, 0.5) is 0 Å². The van der Waals surface area contributed by atoms with Crippen molar-refractivity contribution in [3.05, 3.63) is 0 Å². The maximum absolute atomic E-state index is 12.1. The van der Waals surface area contributed by atoms with Crippen LogP contribution in [-0.2, 0) is 11.8 Å². The van der Waals surface area contributed by atoms with Crippen molar-refractivity contribution < 1.29 is 9.90 Å². The van der Waals surface area contributed by atoms with Gasteiger partial charge in [0.2, 0.25) is 11.1 Å². The maximum atomic E-state index is 12.1. The van der Waals surface area contributed by atoms with Gasteiger partial charge in [0, 0.05) is 24.8 Å². The number of amides is 1. The summed E-state index contributed by atoms with van der Waals surface area (Å²) in [4.78, 5) is 12.1. The number of thioether (sulfide) groups is 1. The predicted molar refractivity (Wildman–Crippen MR) is 84.4 cm³/mol. The normalized spacial score (nSPS) is 23.2. The Morgan fingerprint density at radius 2 is 2.18 bits per heavy atom. The number of aliphatic hydroxyl groups excluding tert-OH is 1. The number of rotatable bonds is 7. The summed E-state index contributed by atoms with van der Waals surface area (Å²) in [6, 6.07) is 0.228. The zero-order valence-electron chi connectivity index (χ0n) is 13.2. The van der Waals surface area contributed by atoms with Gasteiger partial charge in [0.05, 0.1) is 6.10 Å². The first-order valence-corrected chi connectivity index (χ1v) is 8.83. The second kappa shape index (κ2) is 8.47. The van der Waals surface area contributed by atoms with E-state index in [0.29, 0.717) is 11.7 Å². The first kappa shape index (κ1) is 17.2. The van der Waals surface area contributed by atoms with Crippen LogP contribution in [0.25, 0.3) is 0 Å². The van der Waals surface area contributed by atoms with Crippen molar-refractivity contribution >= 4 is 17.7 Å². The molecule has 1 saturated carbocycles. The van der Waals surface area contributed by atoms with Crippen molar-refractivity contribution in [2.45, 2.75) is 74.4 Å². The number of hydrogen-bond donors (Lipinski definition) is 2. The molecule has 0 bridgehead atoms. The lowest BCUT2D eigenvalue weighted by atomic mass is 9.93. The molecule has 1 fully saturated rings. The van der Waals surface area contributed by atoms with Crippen molar-refractivity contribution in [1.82, 2.24) is 25.5 Å². The van der Waals surface area contributed by atoms with Gasteiger partial charge in [0.15, 0.2) is 0 Å². The summed E-state index contributed by atoms with van der Waals surface area (Å²) in [5.41, 5.74) is 0. The van der Waals surface area contributed by atoms with Crippen LogP contribution in [0.1, 0.15) is 51.9 Å². The molecule has 0 aliphatic heterocycles. The number of aliphatic hydroxyl groups is 1. The summed E-state index contributed by atoms with van der Waals surface area (Å²) in [6.45, 7) is 2.11. The van der Waals surface area contributed by atoms with Crippen LogP contribution in [0.5, 0.6) is 0 Å². The molecule has 22 heavy (non-hydrogen) atoms. The third kappa shape index (κ3) is 5.24. The van der Waals surface area contributed by atoms with E-state index in [-0.39, 0.29) is 18.1 Å². The Kier molecular flexibility index (Phi) is 6.63. The number of carbonyl (C=O) groups excluding carboxylic acids is 1. The predicted octanol–water partition coefficient (Wildman–Crippen LogP) is 1.28. The Balaban J connectivity index is 1.71. The minimum atomic E-state index is -0.186. The van der Waals surface area contributed by atoms with Crippen LogP contribution in [0.15, 0.2) is 5.16 Å². The van der Waals surface area contributed by atoms with Gasteiger partial charge < -0.3 is 10.4 Å². The van der Waals surface area contributed by atoms with E-state index in [9.17, 15) is 9.90 Å². The first-order chi connectivity index (χ1) is 10.6. The molecule has 1 unspecified atom stereocenters. The fourth-order valence-electron chi connectivity index (χ4n) is 2.63. The summed E-state index contributed by atoms with van der Waals surface area (Å²) in [5.74, 6) is 0.108. The van der Waals surface area contributed by atoms with Gasteiger partial charge >= 0.3 is 0 Å². The van der Waals surface area contributed by atoms with Gasteiger partial charge in [-0.15, -0.1) is 5.10 Å². The molecule has 7 nitrogen and oxygen atoms in total. The molecule has 1 atom stereocenters. The van der Waals surface area contributed by atoms with Crippen LogP contribution in [0, 0.1) is 0 Å². The monoisotopic (exact) mass is 327 g/mol. The topological polar surface area (TPSA) is 92.9 Å². The highest BCUT2D eigenvalue weighted by Gasteiger charge is 2.21. The van der Waals surface area contributed by atoms with Crippen molar-refractivity contribution in [1.29, 1.82) is 0 Å². The molecule has 1 aliphatic carbocycles. The zero-order chi connectivity index (χ0) is 15.9. The summed E-state index contributed by atoms with van der Waals surface area (Å²) in [6.07, 6.45) is 5.46. The van der Waals surface area contributed by atoms with Crippen molar-refractivity contribution in [3.63, 3.8) is 0 Å². The molecule has 2 rings (SSSR count). The molecule has 1 heterocycles. The molecule has 0 saturated heterocycles. The van der Waals surface area contributed by atoms with E-state index in [1.165, 1.54) is 0 Å².